The molecule has 0 fully saturated rings. The molecule has 7 heteroatoms. The van der Waals surface area contributed by atoms with Gasteiger partial charge in [-0.1, -0.05) is 42.5 Å². The predicted octanol–water partition coefficient (Wildman–Crippen LogP) is 2.59. The summed E-state index contributed by atoms with van der Waals surface area (Å²) in [5.41, 5.74) is 2.37. The van der Waals surface area contributed by atoms with E-state index in [1.165, 1.54) is 10.9 Å². The first kappa shape index (κ1) is 17.7. The van der Waals surface area contributed by atoms with Gasteiger partial charge >= 0.3 is 0 Å². The van der Waals surface area contributed by atoms with Crippen molar-refractivity contribution in [3.05, 3.63) is 88.3 Å². The maximum Gasteiger partial charge on any atom is 0.247 e. The van der Waals surface area contributed by atoms with Crippen LogP contribution in [0.4, 0.5) is 5.82 Å². The Labute approximate surface area is 161 Å². The summed E-state index contributed by atoms with van der Waals surface area (Å²) in [6.45, 7) is 2.44. The van der Waals surface area contributed by atoms with Crippen LogP contribution in [0.5, 0.6) is 0 Å². The van der Waals surface area contributed by atoms with Crippen molar-refractivity contribution < 1.29 is 4.79 Å². The van der Waals surface area contributed by atoms with E-state index in [4.69, 9.17) is 0 Å². The first-order valence-corrected chi connectivity index (χ1v) is 8.93. The lowest BCUT2D eigenvalue weighted by atomic mass is 10.2. The van der Waals surface area contributed by atoms with Gasteiger partial charge in [0.1, 0.15) is 12.4 Å². The van der Waals surface area contributed by atoms with Gasteiger partial charge in [0.15, 0.2) is 0 Å². The van der Waals surface area contributed by atoms with E-state index in [9.17, 15) is 9.59 Å². The Kier molecular flexibility index (Phi) is 4.72. The van der Waals surface area contributed by atoms with Crippen LogP contribution in [0.25, 0.3) is 10.9 Å². The highest BCUT2D eigenvalue weighted by Gasteiger charge is 2.12. The zero-order valence-corrected chi connectivity index (χ0v) is 15.4. The van der Waals surface area contributed by atoms with E-state index in [-0.39, 0.29) is 17.9 Å². The maximum atomic E-state index is 12.6. The number of amides is 1. The molecule has 2 aromatic carbocycles. The molecule has 140 valence electrons. The Morgan fingerprint density at radius 1 is 1.04 bits per heavy atom. The fraction of sp³-hybridized carbons (Fsp3) is 0.143. The Bertz CT molecular complexity index is 1190. The second kappa shape index (κ2) is 7.48. The van der Waals surface area contributed by atoms with Gasteiger partial charge in [0, 0.05) is 11.5 Å². The van der Waals surface area contributed by atoms with Crippen LogP contribution in [-0.4, -0.2) is 25.5 Å². The number of nitrogens with zero attached hydrogens (tertiary/aromatic N) is 4. The van der Waals surface area contributed by atoms with E-state index in [1.54, 1.807) is 22.9 Å². The molecule has 7 nitrogen and oxygen atoms in total. The first-order chi connectivity index (χ1) is 13.6. The van der Waals surface area contributed by atoms with Crippen LogP contribution in [-0.2, 0) is 17.9 Å². The van der Waals surface area contributed by atoms with Crippen molar-refractivity contribution >= 4 is 22.6 Å². The lowest BCUT2D eigenvalue weighted by molar-refractivity contribution is -0.116. The highest BCUT2D eigenvalue weighted by Crippen LogP contribution is 2.14. The third-order valence-electron chi connectivity index (χ3n) is 4.40. The molecule has 0 spiro atoms. The molecule has 4 rings (SSSR count). The largest absolute Gasteiger partial charge is 0.309 e. The highest BCUT2D eigenvalue weighted by atomic mass is 16.2. The molecule has 0 saturated carbocycles. The van der Waals surface area contributed by atoms with Gasteiger partial charge in [-0.05, 0) is 24.6 Å². The number of nitrogens with one attached hydrogen (secondary N) is 1. The summed E-state index contributed by atoms with van der Waals surface area (Å²) < 4.78 is 3.29. The number of carbonyl (C=O) groups is 1. The SMILES string of the molecule is Cc1cc(NC(=O)Cn2ncc(=O)c3ccccc32)n(Cc2ccccc2)n1. The van der Waals surface area contributed by atoms with Gasteiger partial charge in [-0.25, -0.2) is 4.68 Å². The molecule has 0 aliphatic carbocycles. The second-order valence-electron chi connectivity index (χ2n) is 6.55. The molecule has 2 aromatic heterocycles. The minimum absolute atomic E-state index is 0.00361. The molecule has 0 bridgehead atoms. The van der Waals surface area contributed by atoms with E-state index in [0.29, 0.717) is 23.3 Å². The number of para-hydroxylation sites is 1. The van der Waals surface area contributed by atoms with Gasteiger partial charge in [-0.3, -0.25) is 14.3 Å². The molecule has 0 aliphatic heterocycles. The van der Waals surface area contributed by atoms with Crippen molar-refractivity contribution in [3.63, 3.8) is 0 Å². The number of hydrogen-bond donors (Lipinski definition) is 1. The Morgan fingerprint density at radius 2 is 1.79 bits per heavy atom. The molecule has 0 unspecified atom stereocenters. The Balaban J connectivity index is 1.55. The third kappa shape index (κ3) is 3.68. The van der Waals surface area contributed by atoms with Crippen LogP contribution in [0.3, 0.4) is 0 Å². The lowest BCUT2D eigenvalue weighted by Gasteiger charge is -2.11. The number of benzene rings is 2. The average Bonchev–Trinajstić information content (AvgIpc) is 3.03. The molecule has 28 heavy (non-hydrogen) atoms. The number of carbonyl (C=O) groups excluding carboxylic acids is 1. The summed E-state index contributed by atoms with van der Waals surface area (Å²) in [6.07, 6.45) is 1.24. The van der Waals surface area contributed by atoms with Crippen LogP contribution in [0, 0.1) is 6.92 Å². The molecule has 4 aromatic rings. The Morgan fingerprint density at radius 3 is 2.61 bits per heavy atom. The van der Waals surface area contributed by atoms with Gasteiger partial charge in [-0.2, -0.15) is 10.2 Å². The van der Waals surface area contributed by atoms with E-state index in [1.807, 2.05) is 49.4 Å². The summed E-state index contributed by atoms with van der Waals surface area (Å²) in [5.74, 6) is 0.382. The number of rotatable bonds is 5. The van der Waals surface area contributed by atoms with Crippen LogP contribution in [0.2, 0.25) is 0 Å². The van der Waals surface area contributed by atoms with Gasteiger partial charge in [0.05, 0.1) is 24.0 Å². The monoisotopic (exact) mass is 373 g/mol. The van der Waals surface area contributed by atoms with Gasteiger partial charge < -0.3 is 5.32 Å². The predicted molar refractivity (Wildman–Crippen MR) is 107 cm³/mol. The van der Waals surface area contributed by atoms with Crippen molar-refractivity contribution in [2.75, 3.05) is 5.32 Å². The van der Waals surface area contributed by atoms with Crippen molar-refractivity contribution in [1.82, 2.24) is 19.6 Å². The maximum absolute atomic E-state index is 12.6. The molecule has 1 N–H and O–H groups in total. The number of aryl methyl sites for hydroxylation is 1. The van der Waals surface area contributed by atoms with Crippen molar-refractivity contribution in [1.29, 1.82) is 0 Å². The molecule has 0 saturated heterocycles. The molecular formula is C21H19N5O2. The van der Waals surface area contributed by atoms with Gasteiger partial charge in [0.25, 0.3) is 0 Å². The molecule has 1 amide bonds. The third-order valence-corrected chi connectivity index (χ3v) is 4.40. The molecule has 0 aliphatic rings. The molecule has 0 atom stereocenters. The minimum atomic E-state index is -0.240. The van der Waals surface area contributed by atoms with Gasteiger partial charge in [-0.15, -0.1) is 0 Å². The summed E-state index contributed by atoms with van der Waals surface area (Å²) in [4.78, 5) is 24.6. The zero-order chi connectivity index (χ0) is 19.5. The van der Waals surface area contributed by atoms with E-state index in [2.05, 4.69) is 15.5 Å². The minimum Gasteiger partial charge on any atom is -0.309 e. The average molecular weight is 373 g/mol. The van der Waals surface area contributed by atoms with Crippen LogP contribution >= 0.6 is 0 Å². The van der Waals surface area contributed by atoms with Crippen molar-refractivity contribution in [2.24, 2.45) is 0 Å². The number of aromatic nitrogens is 4. The number of anilines is 1. The Hall–Kier alpha value is -3.74. The number of fused-ring (bicyclic) bond motifs is 1. The van der Waals surface area contributed by atoms with Gasteiger partial charge in [0.2, 0.25) is 11.3 Å². The van der Waals surface area contributed by atoms with E-state index in [0.717, 1.165) is 11.3 Å². The van der Waals surface area contributed by atoms with Crippen LogP contribution in [0.1, 0.15) is 11.3 Å². The van der Waals surface area contributed by atoms with Crippen molar-refractivity contribution in [3.8, 4) is 0 Å². The summed E-state index contributed by atoms with van der Waals surface area (Å²) in [7, 11) is 0. The fourth-order valence-electron chi connectivity index (χ4n) is 3.13. The number of hydrogen-bond acceptors (Lipinski definition) is 4. The van der Waals surface area contributed by atoms with Crippen molar-refractivity contribution in [2.45, 2.75) is 20.0 Å². The molecule has 0 radical (unpaired) electrons. The standard InChI is InChI=1S/C21H19N5O2/c1-15-11-20(26(24-15)13-16-7-3-2-4-8-16)23-21(28)14-25-18-10-6-5-9-17(18)19(27)12-22-25/h2-12H,13-14H2,1H3,(H,23,28). The fourth-order valence-corrected chi connectivity index (χ4v) is 3.13. The highest BCUT2D eigenvalue weighted by molar-refractivity contribution is 5.90. The quantitative estimate of drug-likeness (QED) is 0.583. The van der Waals surface area contributed by atoms with E-state index >= 15 is 0 Å². The molecule has 2 heterocycles. The summed E-state index contributed by atoms with van der Waals surface area (Å²) in [6, 6.07) is 18.9. The summed E-state index contributed by atoms with van der Waals surface area (Å²) >= 11 is 0. The van der Waals surface area contributed by atoms with Crippen LogP contribution in [0.15, 0.2) is 71.7 Å². The topological polar surface area (TPSA) is 81.8 Å². The van der Waals surface area contributed by atoms with E-state index < -0.39 is 0 Å². The normalized spacial score (nSPS) is 10.9. The second-order valence-corrected chi connectivity index (χ2v) is 6.55. The molecular weight excluding hydrogens is 354 g/mol. The summed E-state index contributed by atoms with van der Waals surface area (Å²) in [5, 5.41) is 12.0. The van der Waals surface area contributed by atoms with Crippen LogP contribution < -0.4 is 10.7 Å². The lowest BCUT2D eigenvalue weighted by Crippen LogP contribution is -2.23. The zero-order valence-electron chi connectivity index (χ0n) is 15.4. The first-order valence-electron chi connectivity index (χ1n) is 8.93. The smallest absolute Gasteiger partial charge is 0.247 e.